The number of halogens is 2. The molecule has 7 heteroatoms. The number of hydrogen-bond acceptors (Lipinski definition) is 4. The van der Waals surface area contributed by atoms with Crippen LogP contribution in [-0.2, 0) is 27.2 Å². The van der Waals surface area contributed by atoms with Crippen molar-refractivity contribution in [3.05, 3.63) is 65.2 Å². The molecule has 0 spiro atoms. The second-order valence-electron chi connectivity index (χ2n) is 5.53. The van der Waals surface area contributed by atoms with Crippen molar-refractivity contribution in [3.8, 4) is 5.75 Å². The number of carbonyl (C=O) groups is 2. The zero-order valence-electron chi connectivity index (χ0n) is 14.3. The summed E-state index contributed by atoms with van der Waals surface area (Å²) in [5.41, 5.74) is 1.30. The third-order valence-corrected chi connectivity index (χ3v) is 3.58. The Kier molecular flexibility index (Phi) is 7.08. The summed E-state index contributed by atoms with van der Waals surface area (Å²) in [5, 5.41) is 2.60. The number of amides is 1. The molecule has 0 radical (unpaired) electrons. The van der Waals surface area contributed by atoms with Gasteiger partial charge in [0.2, 0.25) is 0 Å². The molecule has 2 aromatic rings. The van der Waals surface area contributed by atoms with Gasteiger partial charge in [-0.3, -0.25) is 9.59 Å². The van der Waals surface area contributed by atoms with Crippen LogP contribution in [-0.4, -0.2) is 32.1 Å². The van der Waals surface area contributed by atoms with Crippen molar-refractivity contribution in [1.29, 1.82) is 0 Å². The molecule has 0 fully saturated rings. The fourth-order valence-corrected chi connectivity index (χ4v) is 2.23. The molecule has 5 nitrogen and oxygen atoms in total. The monoisotopic (exact) mass is 363 g/mol. The first-order valence-corrected chi connectivity index (χ1v) is 7.97. The highest BCUT2D eigenvalue weighted by atomic mass is 19.1. The SMILES string of the molecule is COc1ccc(CC(=O)OCC(=O)NCCc2ccc(F)cc2)cc1F. The van der Waals surface area contributed by atoms with Crippen molar-refractivity contribution < 1.29 is 27.8 Å². The normalized spacial score (nSPS) is 10.3. The number of rotatable bonds is 8. The van der Waals surface area contributed by atoms with Gasteiger partial charge in [-0.2, -0.15) is 0 Å². The quantitative estimate of drug-likeness (QED) is 0.732. The lowest BCUT2D eigenvalue weighted by Gasteiger charge is -2.08. The fraction of sp³-hybridized carbons (Fsp3) is 0.263. The van der Waals surface area contributed by atoms with E-state index in [1.807, 2.05) is 0 Å². The third-order valence-electron chi connectivity index (χ3n) is 3.58. The molecule has 0 saturated carbocycles. The molecule has 0 bridgehead atoms. The summed E-state index contributed by atoms with van der Waals surface area (Å²) in [7, 11) is 1.35. The maximum atomic E-state index is 13.6. The molecule has 0 saturated heterocycles. The first kappa shape index (κ1) is 19.4. The molecule has 0 aliphatic rings. The van der Waals surface area contributed by atoms with Gasteiger partial charge < -0.3 is 14.8 Å². The minimum atomic E-state index is -0.636. The molecule has 1 amide bonds. The van der Waals surface area contributed by atoms with E-state index in [-0.39, 0.29) is 18.0 Å². The molecule has 0 aromatic heterocycles. The van der Waals surface area contributed by atoms with Crippen LogP contribution in [0, 0.1) is 11.6 Å². The van der Waals surface area contributed by atoms with E-state index < -0.39 is 24.3 Å². The summed E-state index contributed by atoms with van der Waals surface area (Å²) < 4.78 is 36.0. The van der Waals surface area contributed by atoms with Crippen molar-refractivity contribution in [1.82, 2.24) is 5.32 Å². The van der Waals surface area contributed by atoms with Gasteiger partial charge in [-0.1, -0.05) is 18.2 Å². The van der Waals surface area contributed by atoms with Crippen LogP contribution in [0.5, 0.6) is 5.75 Å². The molecule has 0 aliphatic carbocycles. The van der Waals surface area contributed by atoms with Gasteiger partial charge in [0, 0.05) is 6.54 Å². The van der Waals surface area contributed by atoms with Gasteiger partial charge in [-0.25, -0.2) is 8.78 Å². The van der Waals surface area contributed by atoms with E-state index in [9.17, 15) is 18.4 Å². The second-order valence-corrected chi connectivity index (χ2v) is 5.53. The lowest BCUT2D eigenvalue weighted by molar-refractivity contribution is -0.147. The Balaban J connectivity index is 1.68. The highest BCUT2D eigenvalue weighted by Gasteiger charge is 2.10. The van der Waals surface area contributed by atoms with Crippen LogP contribution in [0.3, 0.4) is 0 Å². The van der Waals surface area contributed by atoms with Gasteiger partial charge >= 0.3 is 5.97 Å². The molecule has 0 unspecified atom stereocenters. The van der Waals surface area contributed by atoms with E-state index in [2.05, 4.69) is 5.32 Å². The highest BCUT2D eigenvalue weighted by Crippen LogP contribution is 2.18. The predicted molar refractivity (Wildman–Crippen MR) is 90.7 cm³/mol. The van der Waals surface area contributed by atoms with Crippen LogP contribution in [0.4, 0.5) is 8.78 Å². The van der Waals surface area contributed by atoms with Gasteiger partial charge in [-0.05, 0) is 41.8 Å². The van der Waals surface area contributed by atoms with Crippen LogP contribution in [0.2, 0.25) is 0 Å². The van der Waals surface area contributed by atoms with Crippen LogP contribution in [0.15, 0.2) is 42.5 Å². The predicted octanol–water partition coefficient (Wildman–Crippen LogP) is 2.42. The Morgan fingerprint density at radius 2 is 1.73 bits per heavy atom. The van der Waals surface area contributed by atoms with Crippen LogP contribution >= 0.6 is 0 Å². The summed E-state index contributed by atoms with van der Waals surface area (Å²) in [6.07, 6.45) is 0.384. The van der Waals surface area contributed by atoms with Gasteiger partial charge in [0.25, 0.3) is 5.91 Å². The minimum absolute atomic E-state index is 0.0858. The van der Waals surface area contributed by atoms with Crippen LogP contribution < -0.4 is 10.1 Å². The van der Waals surface area contributed by atoms with E-state index >= 15 is 0 Å². The zero-order chi connectivity index (χ0) is 18.9. The third kappa shape index (κ3) is 6.16. The van der Waals surface area contributed by atoms with Crippen LogP contribution in [0.25, 0.3) is 0 Å². The largest absolute Gasteiger partial charge is 0.494 e. The van der Waals surface area contributed by atoms with E-state index in [0.717, 1.165) is 5.56 Å². The molecule has 2 rings (SSSR count). The maximum Gasteiger partial charge on any atom is 0.310 e. The lowest BCUT2D eigenvalue weighted by atomic mass is 10.1. The number of methoxy groups -OCH3 is 1. The molecule has 138 valence electrons. The Morgan fingerprint density at radius 1 is 1.04 bits per heavy atom. The van der Waals surface area contributed by atoms with Crippen molar-refractivity contribution in [3.63, 3.8) is 0 Å². The Labute approximate surface area is 149 Å². The second kappa shape index (κ2) is 9.50. The number of hydrogen-bond donors (Lipinski definition) is 1. The van der Waals surface area contributed by atoms with Gasteiger partial charge in [0.05, 0.1) is 13.5 Å². The molecule has 1 N–H and O–H groups in total. The minimum Gasteiger partial charge on any atom is -0.494 e. The van der Waals surface area contributed by atoms with E-state index in [1.54, 1.807) is 18.2 Å². The lowest BCUT2D eigenvalue weighted by Crippen LogP contribution is -2.30. The average molecular weight is 363 g/mol. The maximum absolute atomic E-state index is 13.6. The smallest absolute Gasteiger partial charge is 0.310 e. The zero-order valence-corrected chi connectivity index (χ0v) is 14.3. The number of esters is 1. The molecule has 2 aromatic carbocycles. The average Bonchev–Trinajstić information content (AvgIpc) is 2.62. The van der Waals surface area contributed by atoms with Gasteiger partial charge in [-0.15, -0.1) is 0 Å². The topological polar surface area (TPSA) is 64.6 Å². The summed E-state index contributed by atoms with van der Waals surface area (Å²) in [6.45, 7) is -0.0768. The summed E-state index contributed by atoms with van der Waals surface area (Å²) in [4.78, 5) is 23.4. The summed E-state index contributed by atoms with van der Waals surface area (Å²) >= 11 is 0. The molecule has 0 heterocycles. The summed E-state index contributed by atoms with van der Waals surface area (Å²) in [5.74, 6) is -1.88. The Hall–Kier alpha value is -2.96. The standard InChI is InChI=1S/C19H19F2NO4/c1-25-17-7-4-14(10-16(17)21)11-19(24)26-12-18(23)22-9-8-13-2-5-15(20)6-3-13/h2-7,10H,8-9,11-12H2,1H3,(H,22,23). The highest BCUT2D eigenvalue weighted by molar-refractivity contribution is 5.81. The Bertz CT molecular complexity index is 763. The number of carbonyl (C=O) groups excluding carboxylic acids is 2. The number of benzene rings is 2. The number of nitrogens with one attached hydrogen (secondary N) is 1. The number of ether oxygens (including phenoxy) is 2. The van der Waals surface area contributed by atoms with E-state index in [1.165, 1.54) is 31.4 Å². The van der Waals surface area contributed by atoms with Crippen molar-refractivity contribution in [2.75, 3.05) is 20.3 Å². The fourth-order valence-electron chi connectivity index (χ4n) is 2.23. The van der Waals surface area contributed by atoms with Crippen LogP contribution in [0.1, 0.15) is 11.1 Å². The van der Waals surface area contributed by atoms with Crippen molar-refractivity contribution in [2.45, 2.75) is 12.8 Å². The van der Waals surface area contributed by atoms with Crippen molar-refractivity contribution >= 4 is 11.9 Å². The molecular formula is C19H19F2NO4. The van der Waals surface area contributed by atoms with Gasteiger partial charge in [0.1, 0.15) is 5.82 Å². The van der Waals surface area contributed by atoms with E-state index in [0.29, 0.717) is 18.5 Å². The van der Waals surface area contributed by atoms with E-state index in [4.69, 9.17) is 9.47 Å². The Morgan fingerprint density at radius 3 is 2.38 bits per heavy atom. The van der Waals surface area contributed by atoms with Gasteiger partial charge in [0.15, 0.2) is 18.2 Å². The molecule has 0 aliphatic heterocycles. The van der Waals surface area contributed by atoms with Crippen molar-refractivity contribution in [2.24, 2.45) is 0 Å². The first-order valence-electron chi connectivity index (χ1n) is 7.97. The summed E-state index contributed by atoms with van der Waals surface area (Å²) in [6, 6.07) is 10.1. The molecule has 0 atom stereocenters. The molecule has 26 heavy (non-hydrogen) atoms. The molecular weight excluding hydrogens is 344 g/mol. The first-order chi connectivity index (χ1) is 12.5.